The third-order valence-corrected chi connectivity index (χ3v) is 4.87. The number of ether oxygens (including phenoxy) is 1. The molecule has 7 heteroatoms. The minimum atomic E-state index is -0.334. The van der Waals surface area contributed by atoms with Crippen LogP contribution in [0.15, 0.2) is 4.99 Å². The van der Waals surface area contributed by atoms with E-state index in [1.165, 1.54) is 6.42 Å². The summed E-state index contributed by atoms with van der Waals surface area (Å²) in [6, 6.07) is 0.444. The molecule has 0 aromatic heterocycles. The molecule has 0 spiro atoms. The summed E-state index contributed by atoms with van der Waals surface area (Å²) < 4.78 is 5.00. The van der Waals surface area contributed by atoms with Crippen molar-refractivity contribution < 1.29 is 9.53 Å². The van der Waals surface area contributed by atoms with Gasteiger partial charge in [0.05, 0.1) is 12.6 Å². The van der Waals surface area contributed by atoms with Crippen LogP contribution < -0.4 is 16.0 Å². The maximum atomic E-state index is 11.7. The molecule has 0 saturated heterocycles. The molecule has 0 aromatic carbocycles. The van der Waals surface area contributed by atoms with Crippen LogP contribution in [0.2, 0.25) is 0 Å². The Morgan fingerprint density at radius 2 is 1.92 bits per heavy atom. The Hall–Kier alpha value is -1.50. The van der Waals surface area contributed by atoms with Gasteiger partial charge in [-0.25, -0.2) is 4.79 Å². The first-order valence-electron chi connectivity index (χ1n) is 10.2. The second-order valence-corrected chi connectivity index (χ2v) is 6.98. The molecule has 152 valence electrons. The first-order chi connectivity index (χ1) is 12.5. The van der Waals surface area contributed by atoms with Crippen LogP contribution in [0.25, 0.3) is 0 Å². The number of nitrogens with zero attached hydrogens (tertiary/aromatic N) is 2. The summed E-state index contributed by atoms with van der Waals surface area (Å²) in [7, 11) is 1.78. The summed E-state index contributed by atoms with van der Waals surface area (Å²) in [5.41, 5.74) is 0. The average molecular weight is 370 g/mol. The predicted molar refractivity (Wildman–Crippen MR) is 108 cm³/mol. The maximum absolute atomic E-state index is 11.7. The molecule has 0 radical (unpaired) electrons. The fourth-order valence-corrected chi connectivity index (χ4v) is 3.03. The highest BCUT2D eigenvalue weighted by atomic mass is 16.5. The van der Waals surface area contributed by atoms with E-state index in [2.05, 4.69) is 46.6 Å². The number of rotatable bonds is 12. The van der Waals surface area contributed by atoms with E-state index in [1.54, 1.807) is 7.05 Å². The van der Waals surface area contributed by atoms with Crippen LogP contribution in [0, 0.1) is 5.92 Å². The SMILES string of the molecule is CCOC(=O)NC(CNC(=NC)NC(C)CCCN(CC)CC)C1CC1. The van der Waals surface area contributed by atoms with Crippen molar-refractivity contribution in [3.63, 3.8) is 0 Å². The molecule has 1 saturated carbocycles. The Morgan fingerprint density at radius 3 is 2.46 bits per heavy atom. The molecule has 7 nitrogen and oxygen atoms in total. The molecular weight excluding hydrogens is 330 g/mol. The molecule has 0 heterocycles. The first-order valence-corrected chi connectivity index (χ1v) is 10.2. The molecule has 2 unspecified atom stereocenters. The van der Waals surface area contributed by atoms with Crippen molar-refractivity contribution in [2.45, 2.75) is 65.5 Å². The van der Waals surface area contributed by atoms with Gasteiger partial charge >= 0.3 is 6.09 Å². The van der Waals surface area contributed by atoms with Crippen molar-refractivity contribution >= 4 is 12.1 Å². The minimum absolute atomic E-state index is 0.0885. The Bertz CT molecular complexity index is 422. The van der Waals surface area contributed by atoms with Crippen LogP contribution in [0.4, 0.5) is 4.79 Å². The van der Waals surface area contributed by atoms with Gasteiger partial charge in [0.1, 0.15) is 0 Å². The van der Waals surface area contributed by atoms with Gasteiger partial charge in [-0.05, 0) is 65.1 Å². The summed E-state index contributed by atoms with van der Waals surface area (Å²) in [5.74, 6) is 1.33. The Labute approximate surface area is 159 Å². The maximum Gasteiger partial charge on any atom is 0.407 e. The monoisotopic (exact) mass is 369 g/mol. The van der Waals surface area contributed by atoms with Crippen LogP contribution in [0.5, 0.6) is 0 Å². The normalized spacial score (nSPS) is 16.9. The summed E-state index contributed by atoms with van der Waals surface area (Å²) in [4.78, 5) is 18.4. The van der Waals surface area contributed by atoms with E-state index in [9.17, 15) is 4.79 Å². The fraction of sp³-hybridized carbons (Fsp3) is 0.895. The molecule has 2 atom stereocenters. The lowest BCUT2D eigenvalue weighted by atomic mass is 10.1. The number of carbonyl (C=O) groups excluding carboxylic acids is 1. The molecule has 0 bridgehead atoms. The number of guanidine groups is 1. The lowest BCUT2D eigenvalue weighted by Crippen LogP contribution is -2.49. The van der Waals surface area contributed by atoms with Gasteiger partial charge < -0.3 is 25.6 Å². The summed E-state index contributed by atoms with van der Waals surface area (Å²) in [6.45, 7) is 12.8. The van der Waals surface area contributed by atoms with Crippen molar-refractivity contribution in [1.82, 2.24) is 20.9 Å². The molecule has 1 rings (SSSR count). The summed E-state index contributed by atoms with van der Waals surface area (Å²) in [5, 5.41) is 9.76. The van der Waals surface area contributed by atoms with Gasteiger partial charge in [0.2, 0.25) is 0 Å². The predicted octanol–water partition coefficient (Wildman–Crippen LogP) is 2.19. The van der Waals surface area contributed by atoms with E-state index >= 15 is 0 Å². The van der Waals surface area contributed by atoms with Crippen LogP contribution in [0.1, 0.15) is 53.4 Å². The number of hydrogen-bond acceptors (Lipinski definition) is 4. The van der Waals surface area contributed by atoms with Gasteiger partial charge in [-0.1, -0.05) is 13.8 Å². The van der Waals surface area contributed by atoms with Crippen molar-refractivity contribution in [2.75, 3.05) is 39.8 Å². The Morgan fingerprint density at radius 1 is 1.23 bits per heavy atom. The molecular formula is C19H39N5O2. The van der Waals surface area contributed by atoms with E-state index in [-0.39, 0.29) is 12.1 Å². The Kier molecular flexibility index (Phi) is 11.1. The van der Waals surface area contributed by atoms with Crippen LogP contribution in [0.3, 0.4) is 0 Å². The highest BCUT2D eigenvalue weighted by Gasteiger charge is 2.32. The standard InChI is InChI=1S/C19H39N5O2/c1-6-24(7-2)13-9-10-15(4)22-18(20-5)21-14-17(16-11-12-16)23-19(25)26-8-3/h15-17H,6-14H2,1-5H3,(H,23,25)(H2,20,21,22). The largest absolute Gasteiger partial charge is 0.450 e. The van der Waals surface area contributed by atoms with Crippen molar-refractivity contribution in [1.29, 1.82) is 0 Å². The van der Waals surface area contributed by atoms with Crippen LogP contribution >= 0.6 is 0 Å². The van der Waals surface area contributed by atoms with Crippen molar-refractivity contribution in [3.05, 3.63) is 0 Å². The zero-order valence-corrected chi connectivity index (χ0v) is 17.3. The minimum Gasteiger partial charge on any atom is -0.450 e. The first kappa shape index (κ1) is 22.5. The van der Waals surface area contributed by atoms with Crippen LogP contribution in [-0.2, 0) is 4.74 Å². The smallest absolute Gasteiger partial charge is 0.407 e. The van der Waals surface area contributed by atoms with Crippen molar-refractivity contribution in [3.8, 4) is 0 Å². The summed E-state index contributed by atoms with van der Waals surface area (Å²) in [6.07, 6.45) is 4.25. The third kappa shape index (κ3) is 9.27. The number of amides is 1. The topological polar surface area (TPSA) is 78.0 Å². The van der Waals surface area contributed by atoms with E-state index < -0.39 is 0 Å². The van der Waals surface area contributed by atoms with Crippen molar-refractivity contribution in [2.24, 2.45) is 10.9 Å². The molecule has 1 aliphatic carbocycles. The lowest BCUT2D eigenvalue weighted by Gasteiger charge is -2.23. The van der Waals surface area contributed by atoms with Crippen LogP contribution in [-0.4, -0.2) is 68.9 Å². The number of aliphatic imine (C=N–C) groups is 1. The molecule has 0 aliphatic heterocycles. The quantitative estimate of drug-likeness (QED) is 0.363. The molecule has 3 N–H and O–H groups in total. The van der Waals surface area contributed by atoms with E-state index in [4.69, 9.17) is 4.74 Å². The number of nitrogens with one attached hydrogen (secondary N) is 3. The number of carbonyl (C=O) groups is 1. The second-order valence-electron chi connectivity index (χ2n) is 6.98. The van der Waals surface area contributed by atoms with Gasteiger partial charge in [0, 0.05) is 19.6 Å². The van der Waals surface area contributed by atoms with E-state index in [0.29, 0.717) is 25.1 Å². The van der Waals surface area contributed by atoms with E-state index in [1.807, 2.05) is 6.92 Å². The summed E-state index contributed by atoms with van der Waals surface area (Å²) >= 11 is 0. The molecule has 26 heavy (non-hydrogen) atoms. The van der Waals surface area contributed by atoms with Gasteiger partial charge in [-0.3, -0.25) is 4.99 Å². The highest BCUT2D eigenvalue weighted by molar-refractivity contribution is 5.80. The van der Waals surface area contributed by atoms with Gasteiger partial charge in [-0.2, -0.15) is 0 Å². The average Bonchev–Trinajstić information content (AvgIpc) is 3.46. The zero-order valence-electron chi connectivity index (χ0n) is 17.3. The molecule has 0 aromatic rings. The van der Waals surface area contributed by atoms with E-state index in [0.717, 1.165) is 44.9 Å². The molecule has 1 aliphatic rings. The number of alkyl carbamates (subject to hydrolysis) is 1. The Balaban J connectivity index is 2.32. The lowest BCUT2D eigenvalue weighted by molar-refractivity contribution is 0.146. The van der Waals surface area contributed by atoms with Gasteiger partial charge in [0.25, 0.3) is 0 Å². The molecule has 1 amide bonds. The number of hydrogen-bond donors (Lipinski definition) is 3. The molecule has 1 fully saturated rings. The highest BCUT2D eigenvalue weighted by Crippen LogP contribution is 2.32. The second kappa shape index (κ2) is 12.8. The van der Waals surface area contributed by atoms with Gasteiger partial charge in [0.15, 0.2) is 5.96 Å². The fourth-order valence-electron chi connectivity index (χ4n) is 3.03. The van der Waals surface area contributed by atoms with Gasteiger partial charge in [-0.15, -0.1) is 0 Å². The zero-order chi connectivity index (χ0) is 19.4. The third-order valence-electron chi connectivity index (χ3n) is 4.87.